The average Bonchev–Trinajstić information content (AvgIpc) is 3.12. The minimum absolute atomic E-state index is 0.245. The van der Waals surface area contributed by atoms with E-state index in [-0.39, 0.29) is 12.0 Å². The molecule has 0 aromatic carbocycles. The number of ether oxygens (including phenoxy) is 1. The Labute approximate surface area is 128 Å². The van der Waals surface area contributed by atoms with Gasteiger partial charge in [-0.3, -0.25) is 10.1 Å². The van der Waals surface area contributed by atoms with Gasteiger partial charge in [-0.2, -0.15) is 0 Å². The van der Waals surface area contributed by atoms with Crippen LogP contribution in [0, 0.1) is 5.92 Å². The number of nitrogens with one attached hydrogen (secondary N) is 1. The Balaban J connectivity index is 1.96. The van der Waals surface area contributed by atoms with Crippen molar-refractivity contribution in [3.63, 3.8) is 0 Å². The van der Waals surface area contributed by atoms with Crippen LogP contribution in [0.5, 0.6) is 0 Å². The number of esters is 1. The number of methoxy groups -OCH3 is 1. The standard InChI is InChI=1S/C15H20N2O3S/c1-10(2)7-12(15(18)19-3)16-8-11-9-20-14(17-11)13-5-4-6-21-13/h4-6,9-10,12,16H,7-8H2,1-3H3. The first kappa shape index (κ1) is 15.7. The number of nitrogens with zero attached hydrogens (tertiary/aromatic N) is 1. The third kappa shape index (κ3) is 4.41. The molecule has 1 N–H and O–H groups in total. The summed E-state index contributed by atoms with van der Waals surface area (Å²) in [6.07, 6.45) is 2.34. The first-order valence-corrected chi connectivity index (χ1v) is 7.77. The first-order valence-electron chi connectivity index (χ1n) is 6.89. The first-order chi connectivity index (χ1) is 10.1. The van der Waals surface area contributed by atoms with E-state index in [1.807, 2.05) is 17.5 Å². The summed E-state index contributed by atoms with van der Waals surface area (Å²) in [4.78, 5) is 17.1. The number of carbonyl (C=O) groups is 1. The summed E-state index contributed by atoms with van der Waals surface area (Å²) in [6.45, 7) is 4.62. The number of hydrogen-bond donors (Lipinski definition) is 1. The third-order valence-electron chi connectivity index (χ3n) is 3.01. The van der Waals surface area contributed by atoms with Crippen LogP contribution in [0.1, 0.15) is 26.0 Å². The summed E-state index contributed by atoms with van der Waals surface area (Å²) in [6, 6.07) is 3.60. The zero-order valence-electron chi connectivity index (χ0n) is 12.5. The molecular formula is C15H20N2O3S. The van der Waals surface area contributed by atoms with Crippen molar-refractivity contribution in [1.82, 2.24) is 10.3 Å². The molecule has 5 nitrogen and oxygen atoms in total. The molecular weight excluding hydrogens is 288 g/mol. The quantitative estimate of drug-likeness (QED) is 0.796. The largest absolute Gasteiger partial charge is 0.468 e. The van der Waals surface area contributed by atoms with Gasteiger partial charge >= 0.3 is 5.97 Å². The Morgan fingerprint density at radius 2 is 2.33 bits per heavy atom. The van der Waals surface area contributed by atoms with Crippen LogP contribution in [-0.2, 0) is 16.1 Å². The van der Waals surface area contributed by atoms with Crippen LogP contribution in [-0.4, -0.2) is 24.1 Å². The normalized spacial score (nSPS) is 12.6. The molecule has 2 rings (SSSR count). The molecule has 114 valence electrons. The zero-order valence-corrected chi connectivity index (χ0v) is 13.3. The van der Waals surface area contributed by atoms with Crippen LogP contribution in [0.15, 0.2) is 28.2 Å². The van der Waals surface area contributed by atoms with E-state index < -0.39 is 0 Å². The molecule has 1 unspecified atom stereocenters. The zero-order chi connectivity index (χ0) is 15.2. The maximum atomic E-state index is 11.7. The van der Waals surface area contributed by atoms with Crippen molar-refractivity contribution in [1.29, 1.82) is 0 Å². The molecule has 0 saturated heterocycles. The van der Waals surface area contributed by atoms with Crippen LogP contribution in [0.3, 0.4) is 0 Å². The summed E-state index contributed by atoms with van der Waals surface area (Å²) in [5.41, 5.74) is 0.774. The lowest BCUT2D eigenvalue weighted by Crippen LogP contribution is -2.38. The van der Waals surface area contributed by atoms with Crippen LogP contribution < -0.4 is 5.32 Å². The highest BCUT2D eigenvalue weighted by molar-refractivity contribution is 7.13. The highest BCUT2D eigenvalue weighted by atomic mass is 32.1. The van der Waals surface area contributed by atoms with Gasteiger partial charge in [0.1, 0.15) is 12.3 Å². The van der Waals surface area contributed by atoms with Gasteiger partial charge < -0.3 is 9.15 Å². The number of oxazole rings is 1. The topological polar surface area (TPSA) is 64.4 Å². The van der Waals surface area contributed by atoms with E-state index in [0.29, 0.717) is 18.4 Å². The summed E-state index contributed by atoms with van der Waals surface area (Å²) in [5, 5.41) is 5.16. The van der Waals surface area contributed by atoms with Gasteiger partial charge in [0.05, 0.1) is 17.7 Å². The number of hydrogen-bond acceptors (Lipinski definition) is 6. The molecule has 0 aliphatic heterocycles. The minimum Gasteiger partial charge on any atom is -0.468 e. The lowest BCUT2D eigenvalue weighted by molar-refractivity contribution is -0.143. The third-order valence-corrected chi connectivity index (χ3v) is 3.86. The van der Waals surface area contributed by atoms with E-state index in [1.54, 1.807) is 17.6 Å². The molecule has 0 aliphatic carbocycles. The number of carbonyl (C=O) groups excluding carboxylic acids is 1. The molecule has 0 aliphatic rings. The lowest BCUT2D eigenvalue weighted by Gasteiger charge is -2.17. The molecule has 0 bridgehead atoms. The van der Waals surface area contributed by atoms with Gasteiger partial charge in [-0.25, -0.2) is 4.98 Å². The summed E-state index contributed by atoms with van der Waals surface area (Å²) < 4.78 is 10.3. The fourth-order valence-electron chi connectivity index (χ4n) is 2.01. The predicted molar refractivity (Wildman–Crippen MR) is 81.9 cm³/mol. The molecule has 6 heteroatoms. The van der Waals surface area contributed by atoms with Crippen LogP contribution in [0.25, 0.3) is 10.8 Å². The molecule has 1 atom stereocenters. The van der Waals surface area contributed by atoms with Gasteiger partial charge in [0, 0.05) is 6.54 Å². The van der Waals surface area contributed by atoms with Crippen molar-refractivity contribution in [2.24, 2.45) is 5.92 Å². The smallest absolute Gasteiger partial charge is 0.322 e. The Morgan fingerprint density at radius 3 is 2.95 bits per heavy atom. The van der Waals surface area contributed by atoms with Gasteiger partial charge in [0.15, 0.2) is 0 Å². The second-order valence-corrected chi connectivity index (χ2v) is 6.16. The minimum atomic E-state index is -0.322. The number of rotatable bonds is 7. The van der Waals surface area contributed by atoms with E-state index in [9.17, 15) is 4.79 Å². The molecule has 0 amide bonds. The lowest BCUT2D eigenvalue weighted by atomic mass is 10.0. The van der Waals surface area contributed by atoms with E-state index in [4.69, 9.17) is 9.15 Å². The van der Waals surface area contributed by atoms with Crippen molar-refractivity contribution >= 4 is 17.3 Å². The molecule has 2 aromatic heterocycles. The van der Waals surface area contributed by atoms with E-state index in [0.717, 1.165) is 17.0 Å². The van der Waals surface area contributed by atoms with E-state index in [1.165, 1.54) is 7.11 Å². The molecule has 0 spiro atoms. The van der Waals surface area contributed by atoms with Gasteiger partial charge in [-0.05, 0) is 23.8 Å². The highest BCUT2D eigenvalue weighted by Gasteiger charge is 2.20. The second kappa shape index (κ2) is 7.38. The van der Waals surface area contributed by atoms with Crippen molar-refractivity contribution in [2.75, 3.05) is 7.11 Å². The summed E-state index contributed by atoms with van der Waals surface area (Å²) in [7, 11) is 1.41. The fourth-order valence-corrected chi connectivity index (χ4v) is 2.66. The number of thiophene rings is 1. The summed E-state index contributed by atoms with van der Waals surface area (Å²) >= 11 is 1.58. The molecule has 0 radical (unpaired) electrons. The van der Waals surface area contributed by atoms with Crippen molar-refractivity contribution in [3.8, 4) is 10.8 Å². The Hall–Kier alpha value is -1.66. The van der Waals surface area contributed by atoms with Gasteiger partial charge in [-0.1, -0.05) is 19.9 Å². The highest BCUT2D eigenvalue weighted by Crippen LogP contribution is 2.23. The molecule has 21 heavy (non-hydrogen) atoms. The summed E-state index contributed by atoms with van der Waals surface area (Å²) in [5.74, 6) is 0.770. The van der Waals surface area contributed by atoms with Gasteiger partial charge in [0.25, 0.3) is 0 Å². The van der Waals surface area contributed by atoms with Crippen LogP contribution in [0.2, 0.25) is 0 Å². The van der Waals surface area contributed by atoms with Crippen LogP contribution in [0.4, 0.5) is 0 Å². The monoisotopic (exact) mass is 308 g/mol. The number of aromatic nitrogens is 1. The predicted octanol–water partition coefficient (Wildman–Crippen LogP) is 3.08. The maximum Gasteiger partial charge on any atom is 0.322 e. The Kier molecular flexibility index (Phi) is 5.52. The van der Waals surface area contributed by atoms with Gasteiger partial charge in [0.2, 0.25) is 5.89 Å². The average molecular weight is 308 g/mol. The fraction of sp³-hybridized carbons (Fsp3) is 0.467. The molecule has 2 heterocycles. The van der Waals surface area contributed by atoms with E-state index >= 15 is 0 Å². The Morgan fingerprint density at radius 1 is 1.52 bits per heavy atom. The van der Waals surface area contributed by atoms with Crippen molar-refractivity contribution < 1.29 is 13.9 Å². The Bertz CT molecular complexity index is 563. The van der Waals surface area contributed by atoms with Gasteiger partial charge in [-0.15, -0.1) is 11.3 Å². The van der Waals surface area contributed by atoms with Crippen molar-refractivity contribution in [2.45, 2.75) is 32.9 Å². The maximum absolute atomic E-state index is 11.7. The van der Waals surface area contributed by atoms with Crippen molar-refractivity contribution in [3.05, 3.63) is 29.5 Å². The van der Waals surface area contributed by atoms with E-state index in [2.05, 4.69) is 24.1 Å². The molecule has 0 saturated carbocycles. The SMILES string of the molecule is COC(=O)C(CC(C)C)NCc1coc(-c2cccs2)n1. The molecule has 2 aromatic rings. The second-order valence-electron chi connectivity index (χ2n) is 5.21. The molecule has 0 fully saturated rings. The van der Waals surface area contributed by atoms with Crippen LogP contribution >= 0.6 is 11.3 Å².